The van der Waals surface area contributed by atoms with Crippen molar-refractivity contribution in [3.63, 3.8) is 0 Å². The van der Waals surface area contributed by atoms with E-state index in [0.29, 0.717) is 12.0 Å². The molecule has 1 aliphatic heterocycles. The Hall–Kier alpha value is -1.81. The fourth-order valence-electron chi connectivity index (χ4n) is 2.75. The van der Waals surface area contributed by atoms with Crippen LogP contribution in [0.25, 0.3) is 0 Å². The van der Waals surface area contributed by atoms with Gasteiger partial charge in [-0.15, -0.1) is 0 Å². The van der Waals surface area contributed by atoms with E-state index in [4.69, 9.17) is 0 Å². The van der Waals surface area contributed by atoms with E-state index in [1.165, 1.54) is 35.6 Å². The van der Waals surface area contributed by atoms with Crippen LogP contribution in [0.15, 0.2) is 52.3 Å². The summed E-state index contributed by atoms with van der Waals surface area (Å²) in [4.78, 5) is 0.103. The van der Waals surface area contributed by atoms with Crippen LogP contribution in [0.2, 0.25) is 0 Å². The van der Waals surface area contributed by atoms with E-state index in [1.807, 2.05) is 0 Å². The second kappa shape index (κ2) is 6.49. The summed E-state index contributed by atoms with van der Waals surface area (Å²) in [6, 6.07) is 9.36. The molecule has 0 atom stereocenters. The van der Waals surface area contributed by atoms with Crippen LogP contribution in [0, 0.1) is 5.82 Å². The molecule has 2 aromatic rings. The van der Waals surface area contributed by atoms with Gasteiger partial charge >= 0.3 is 0 Å². The van der Waals surface area contributed by atoms with E-state index in [1.54, 1.807) is 6.07 Å². The second-order valence-corrected chi connectivity index (χ2v) is 9.51. The first-order valence-electron chi connectivity index (χ1n) is 7.55. The lowest BCUT2D eigenvalue weighted by atomic mass is 10.0. The van der Waals surface area contributed by atoms with Gasteiger partial charge in [-0.25, -0.2) is 25.9 Å². The Morgan fingerprint density at radius 2 is 1.60 bits per heavy atom. The highest BCUT2D eigenvalue weighted by Gasteiger charge is 2.29. The van der Waals surface area contributed by atoms with Crippen LogP contribution in [0.3, 0.4) is 0 Å². The summed E-state index contributed by atoms with van der Waals surface area (Å²) in [5, 5.41) is 0. The number of nitrogens with one attached hydrogen (secondary N) is 1. The minimum atomic E-state index is -3.77. The molecule has 0 aromatic heterocycles. The maximum absolute atomic E-state index is 13.0. The number of hydrogen-bond acceptors (Lipinski definition) is 4. The number of halogens is 1. The molecule has 0 bridgehead atoms. The Balaban J connectivity index is 1.94. The molecule has 2 aromatic carbocycles. The molecule has 0 amide bonds. The molecule has 0 saturated heterocycles. The summed E-state index contributed by atoms with van der Waals surface area (Å²) in [7, 11) is -6.06. The van der Waals surface area contributed by atoms with Crippen LogP contribution in [-0.4, -0.2) is 34.7 Å². The summed E-state index contributed by atoms with van der Waals surface area (Å²) in [5.41, 5.74) is 1.56. The van der Waals surface area contributed by atoms with Crippen molar-refractivity contribution < 1.29 is 21.2 Å². The third kappa shape index (κ3) is 3.45. The smallest absolute Gasteiger partial charge is 0.214 e. The van der Waals surface area contributed by atoms with Crippen molar-refractivity contribution in [1.29, 1.82) is 0 Å². The first-order chi connectivity index (χ1) is 11.7. The van der Waals surface area contributed by atoms with E-state index in [9.17, 15) is 21.2 Å². The lowest BCUT2D eigenvalue weighted by molar-refractivity contribution is 0.391. The number of nitrogens with zero attached hydrogens (tertiary/aromatic N) is 1. The van der Waals surface area contributed by atoms with Gasteiger partial charge in [-0.2, -0.15) is 4.31 Å². The Morgan fingerprint density at radius 3 is 2.24 bits per heavy atom. The van der Waals surface area contributed by atoms with Gasteiger partial charge in [0.05, 0.1) is 9.79 Å². The van der Waals surface area contributed by atoms with Crippen molar-refractivity contribution in [2.45, 2.75) is 22.8 Å². The Labute approximate surface area is 146 Å². The van der Waals surface area contributed by atoms with Gasteiger partial charge in [0.15, 0.2) is 0 Å². The zero-order valence-electron chi connectivity index (χ0n) is 13.4. The van der Waals surface area contributed by atoms with Crippen LogP contribution in [0.1, 0.15) is 11.1 Å². The Kier molecular flexibility index (Phi) is 4.67. The topological polar surface area (TPSA) is 83.6 Å². The number of hydrogen-bond donors (Lipinski definition) is 1. The highest BCUT2D eigenvalue weighted by Crippen LogP contribution is 2.27. The van der Waals surface area contributed by atoms with Gasteiger partial charge in [-0.05, 0) is 61.0 Å². The number of fused-ring (bicyclic) bond motifs is 1. The molecule has 0 saturated carbocycles. The van der Waals surface area contributed by atoms with Crippen LogP contribution < -0.4 is 4.72 Å². The van der Waals surface area contributed by atoms with E-state index in [0.717, 1.165) is 17.7 Å². The first kappa shape index (κ1) is 18.0. The van der Waals surface area contributed by atoms with E-state index in [2.05, 4.69) is 4.72 Å². The van der Waals surface area contributed by atoms with Crippen molar-refractivity contribution in [3.8, 4) is 0 Å². The molecule has 0 unspecified atom stereocenters. The molecule has 1 aliphatic rings. The lowest BCUT2D eigenvalue weighted by Crippen LogP contribution is -2.36. The third-order valence-electron chi connectivity index (χ3n) is 4.19. The maximum atomic E-state index is 13.0. The fourth-order valence-corrected chi connectivity index (χ4v) is 4.95. The van der Waals surface area contributed by atoms with Gasteiger partial charge in [0, 0.05) is 13.1 Å². The largest absolute Gasteiger partial charge is 0.243 e. The van der Waals surface area contributed by atoms with Crippen LogP contribution in [0.4, 0.5) is 4.39 Å². The Bertz CT molecular complexity index is 1000. The summed E-state index contributed by atoms with van der Waals surface area (Å²) < 4.78 is 65.9. The average Bonchev–Trinajstić information content (AvgIpc) is 2.61. The number of rotatable bonds is 4. The molecule has 1 heterocycles. The summed E-state index contributed by atoms with van der Waals surface area (Å²) in [6.07, 6.45) is 0.482. The predicted molar refractivity (Wildman–Crippen MR) is 90.4 cm³/mol. The molecule has 0 radical (unpaired) electrons. The van der Waals surface area contributed by atoms with Crippen molar-refractivity contribution in [3.05, 3.63) is 59.4 Å². The quantitative estimate of drug-likeness (QED) is 0.866. The van der Waals surface area contributed by atoms with Gasteiger partial charge < -0.3 is 0 Å². The van der Waals surface area contributed by atoms with Gasteiger partial charge in [0.25, 0.3) is 0 Å². The van der Waals surface area contributed by atoms with Crippen LogP contribution in [0.5, 0.6) is 0 Å². The van der Waals surface area contributed by atoms with Crippen molar-refractivity contribution >= 4 is 20.0 Å². The van der Waals surface area contributed by atoms with E-state index >= 15 is 0 Å². The minimum absolute atomic E-state index is 0.0105. The molecule has 0 aliphatic carbocycles. The summed E-state index contributed by atoms with van der Waals surface area (Å²) in [5.74, 6) is -0.509. The standard InChI is InChI=1S/C16H17FN2O4S2/c1-18-24(20,21)16-5-2-12-8-9-19(11-13(12)10-16)25(22,23)15-6-3-14(17)4-7-15/h2-7,10,18H,8-9,11H2,1H3. The fraction of sp³-hybridized carbons (Fsp3) is 0.250. The SMILES string of the molecule is CNS(=O)(=O)c1ccc2c(c1)CN(S(=O)(=O)c1ccc(F)cc1)CC2. The molecule has 25 heavy (non-hydrogen) atoms. The second-order valence-electron chi connectivity index (χ2n) is 5.68. The van der Waals surface area contributed by atoms with E-state index < -0.39 is 25.9 Å². The minimum Gasteiger partial charge on any atom is -0.214 e. The highest BCUT2D eigenvalue weighted by atomic mass is 32.2. The molecular formula is C16H17FN2O4S2. The normalized spacial score (nSPS) is 15.8. The summed E-state index contributed by atoms with van der Waals surface area (Å²) >= 11 is 0. The van der Waals surface area contributed by atoms with Crippen molar-refractivity contribution in [2.24, 2.45) is 0 Å². The number of sulfonamides is 2. The molecule has 1 N–H and O–H groups in total. The average molecular weight is 384 g/mol. The van der Waals surface area contributed by atoms with Crippen molar-refractivity contribution in [1.82, 2.24) is 9.03 Å². The molecule has 0 fully saturated rings. The van der Waals surface area contributed by atoms with Gasteiger partial charge in [0.1, 0.15) is 5.82 Å². The molecule has 6 nitrogen and oxygen atoms in total. The molecule has 0 spiro atoms. The zero-order valence-corrected chi connectivity index (χ0v) is 15.1. The zero-order chi connectivity index (χ0) is 18.2. The van der Waals surface area contributed by atoms with Gasteiger partial charge in [-0.1, -0.05) is 6.07 Å². The van der Waals surface area contributed by atoms with E-state index in [-0.39, 0.29) is 22.9 Å². The molecule has 134 valence electrons. The number of benzene rings is 2. The monoisotopic (exact) mass is 384 g/mol. The maximum Gasteiger partial charge on any atom is 0.243 e. The van der Waals surface area contributed by atoms with Gasteiger partial charge in [-0.3, -0.25) is 0 Å². The Morgan fingerprint density at radius 1 is 0.960 bits per heavy atom. The molecule has 9 heteroatoms. The lowest BCUT2D eigenvalue weighted by Gasteiger charge is -2.28. The van der Waals surface area contributed by atoms with Gasteiger partial charge in [0.2, 0.25) is 20.0 Å². The first-order valence-corrected chi connectivity index (χ1v) is 10.5. The molecule has 3 rings (SSSR count). The predicted octanol–water partition coefficient (Wildman–Crippen LogP) is 1.48. The third-order valence-corrected chi connectivity index (χ3v) is 7.46. The highest BCUT2D eigenvalue weighted by molar-refractivity contribution is 7.89. The van der Waals surface area contributed by atoms with Crippen LogP contribution >= 0.6 is 0 Å². The van der Waals surface area contributed by atoms with Crippen LogP contribution in [-0.2, 0) is 33.0 Å². The summed E-state index contributed by atoms with van der Waals surface area (Å²) in [6.45, 7) is 0.354. The molecular weight excluding hydrogens is 367 g/mol. The van der Waals surface area contributed by atoms with Crippen molar-refractivity contribution in [2.75, 3.05) is 13.6 Å².